The summed E-state index contributed by atoms with van der Waals surface area (Å²) >= 11 is 0. The Morgan fingerprint density at radius 1 is 1.16 bits per heavy atom. The number of hydrogen-bond donors (Lipinski definition) is 1. The van der Waals surface area contributed by atoms with Gasteiger partial charge in [0.25, 0.3) is 0 Å². The smallest absolute Gasteiger partial charge is 0.343 e. The van der Waals surface area contributed by atoms with Crippen LogP contribution in [-0.2, 0) is 18.7 Å². The van der Waals surface area contributed by atoms with E-state index >= 15 is 0 Å². The molecule has 184 valence electrons. The quantitative estimate of drug-likeness (QED) is 0.310. The molecule has 0 aromatic heterocycles. The van der Waals surface area contributed by atoms with Crippen molar-refractivity contribution in [2.45, 2.75) is 117 Å². The van der Waals surface area contributed by atoms with E-state index in [4.69, 9.17) is 13.9 Å². The topological polar surface area (TPSA) is 65.0 Å². The van der Waals surface area contributed by atoms with Crippen LogP contribution in [0.1, 0.15) is 73.6 Å². The predicted octanol–water partition coefficient (Wildman–Crippen LogP) is 5.68. The third-order valence-corrected chi connectivity index (χ3v) is 9.12. The van der Waals surface area contributed by atoms with Gasteiger partial charge < -0.3 is 19.0 Å². The van der Waals surface area contributed by atoms with Crippen molar-refractivity contribution < 1.29 is 23.8 Å². The summed E-state index contributed by atoms with van der Waals surface area (Å²) in [7, 11) is -1.57. The summed E-state index contributed by atoms with van der Waals surface area (Å²) in [6, 6.07) is 0. The first-order valence-electron chi connectivity index (χ1n) is 12.5. The number of esters is 1. The molecule has 5 nitrogen and oxygen atoms in total. The molecule has 1 saturated heterocycles. The summed E-state index contributed by atoms with van der Waals surface area (Å²) in [6.45, 7) is 19.1. The monoisotopic (exact) mass is 466 g/mol. The van der Waals surface area contributed by atoms with Crippen LogP contribution in [0.5, 0.6) is 0 Å². The summed E-state index contributed by atoms with van der Waals surface area (Å²) in [5.74, 6) is 0.987. The van der Waals surface area contributed by atoms with Gasteiger partial charge in [-0.25, -0.2) is 4.79 Å². The van der Waals surface area contributed by atoms with Gasteiger partial charge in [-0.1, -0.05) is 53.2 Å². The molecule has 2 aliphatic carbocycles. The van der Waals surface area contributed by atoms with Crippen molar-refractivity contribution in [2.24, 2.45) is 28.6 Å². The molecule has 3 unspecified atom stereocenters. The van der Waals surface area contributed by atoms with Gasteiger partial charge in [0.05, 0.1) is 0 Å². The molecule has 0 bridgehead atoms. The third kappa shape index (κ3) is 5.03. The number of cyclic esters (lactones) is 1. The van der Waals surface area contributed by atoms with Crippen molar-refractivity contribution in [1.82, 2.24) is 0 Å². The van der Waals surface area contributed by atoms with Gasteiger partial charge in [-0.15, -0.1) is 0 Å². The standard InChI is InChI=1S/C26H46O5Si/c1-17(12-15-21(27)26(6)22(28)29-23(30-26)24(2,3)4)18-13-14-19-20(31-32(7,8)9)11-10-16-25(18,19)5/h12,15,17-21,23,27H,10-11,13-14,16H2,1-9H3/t17-,18-,19?,20?,21?,23-,25+,26-/m1/s1. The number of aliphatic hydroxyl groups is 1. The number of carbonyl (C=O) groups is 1. The lowest BCUT2D eigenvalue weighted by Gasteiger charge is -2.47. The number of rotatable bonds is 6. The Kier molecular flexibility index (Phi) is 7.15. The molecule has 0 amide bonds. The Balaban J connectivity index is 1.69. The van der Waals surface area contributed by atoms with Gasteiger partial charge in [-0.05, 0) is 75.4 Å². The minimum absolute atomic E-state index is 0.265. The zero-order valence-corrected chi connectivity index (χ0v) is 22.7. The van der Waals surface area contributed by atoms with Crippen molar-refractivity contribution in [3.63, 3.8) is 0 Å². The van der Waals surface area contributed by atoms with Gasteiger partial charge in [0.1, 0.15) is 6.10 Å². The van der Waals surface area contributed by atoms with Gasteiger partial charge >= 0.3 is 5.97 Å². The molecule has 1 N–H and O–H groups in total. The average molecular weight is 467 g/mol. The third-order valence-electron chi connectivity index (χ3n) is 8.11. The van der Waals surface area contributed by atoms with E-state index in [1.165, 1.54) is 32.1 Å². The van der Waals surface area contributed by atoms with Crippen molar-refractivity contribution >= 4 is 14.3 Å². The van der Waals surface area contributed by atoms with Crippen molar-refractivity contribution in [2.75, 3.05) is 0 Å². The SMILES string of the molecule is C[C@H](C=CC(O)[C@@]1(C)O[C@H](C(C)(C)C)OC1=O)[C@H]1CCC2C(O[Si](C)(C)C)CCC[C@]21C. The Labute approximate surface area is 196 Å². The van der Waals surface area contributed by atoms with Gasteiger partial charge in [-0.2, -0.15) is 0 Å². The Bertz CT molecular complexity index is 723. The van der Waals surface area contributed by atoms with E-state index in [0.29, 0.717) is 23.9 Å². The highest BCUT2D eigenvalue weighted by Crippen LogP contribution is 2.58. The zero-order valence-electron chi connectivity index (χ0n) is 21.7. The molecule has 0 aromatic rings. The average Bonchev–Trinajstić information content (AvgIpc) is 3.16. The fourth-order valence-electron chi connectivity index (χ4n) is 6.27. The van der Waals surface area contributed by atoms with Crippen LogP contribution in [-0.4, -0.2) is 43.5 Å². The van der Waals surface area contributed by atoms with E-state index in [9.17, 15) is 9.90 Å². The van der Waals surface area contributed by atoms with Crippen LogP contribution in [0.2, 0.25) is 19.6 Å². The molecule has 0 aromatic carbocycles. The van der Waals surface area contributed by atoms with E-state index in [0.717, 1.165) is 0 Å². The number of fused-ring (bicyclic) bond motifs is 1. The highest BCUT2D eigenvalue weighted by Gasteiger charge is 2.55. The summed E-state index contributed by atoms with van der Waals surface area (Å²) in [6.07, 6.45) is 8.62. The van der Waals surface area contributed by atoms with Gasteiger partial charge in [-0.3, -0.25) is 0 Å². The number of aliphatic hydroxyl groups excluding tert-OH is 1. The second-order valence-electron chi connectivity index (χ2n) is 13.0. The van der Waals surface area contributed by atoms with Crippen LogP contribution in [0, 0.1) is 28.6 Å². The van der Waals surface area contributed by atoms with Crippen LogP contribution in [0.25, 0.3) is 0 Å². The Hall–Kier alpha value is -0.693. The summed E-state index contributed by atoms with van der Waals surface area (Å²) < 4.78 is 18.0. The zero-order chi connectivity index (χ0) is 24.1. The fourth-order valence-corrected chi connectivity index (χ4v) is 7.46. The van der Waals surface area contributed by atoms with E-state index in [-0.39, 0.29) is 10.8 Å². The number of allylic oxidation sites excluding steroid dienone is 1. The largest absolute Gasteiger partial charge is 0.433 e. The molecule has 8 atom stereocenters. The van der Waals surface area contributed by atoms with Gasteiger partial charge in [0.15, 0.2) is 13.9 Å². The maximum absolute atomic E-state index is 12.5. The maximum Gasteiger partial charge on any atom is 0.343 e. The summed E-state index contributed by atoms with van der Waals surface area (Å²) in [4.78, 5) is 12.5. The first-order chi connectivity index (χ1) is 14.6. The molecule has 0 spiro atoms. The number of carbonyl (C=O) groups excluding carboxylic acids is 1. The molecular weight excluding hydrogens is 420 g/mol. The van der Waals surface area contributed by atoms with Crippen LogP contribution >= 0.6 is 0 Å². The lowest BCUT2D eigenvalue weighted by Crippen LogP contribution is -2.46. The van der Waals surface area contributed by atoms with Crippen LogP contribution < -0.4 is 0 Å². The lowest BCUT2D eigenvalue weighted by atomic mass is 9.62. The summed E-state index contributed by atoms with van der Waals surface area (Å²) in [5.41, 5.74) is -1.44. The molecule has 1 aliphatic heterocycles. The molecular formula is C26H46O5Si. The number of ether oxygens (including phenoxy) is 2. The van der Waals surface area contributed by atoms with Crippen LogP contribution in [0.3, 0.4) is 0 Å². The second-order valence-corrected chi connectivity index (χ2v) is 17.4. The van der Waals surface area contributed by atoms with Gasteiger partial charge in [0.2, 0.25) is 6.29 Å². The van der Waals surface area contributed by atoms with Crippen molar-refractivity contribution in [1.29, 1.82) is 0 Å². The molecule has 3 rings (SSSR count). The molecule has 3 aliphatic rings. The Morgan fingerprint density at radius 2 is 1.81 bits per heavy atom. The molecule has 1 heterocycles. The van der Waals surface area contributed by atoms with Crippen molar-refractivity contribution in [3.8, 4) is 0 Å². The summed E-state index contributed by atoms with van der Waals surface area (Å²) in [5, 5.41) is 10.9. The molecule has 6 heteroatoms. The first kappa shape index (κ1) is 25.9. The minimum Gasteiger partial charge on any atom is -0.433 e. The van der Waals surface area contributed by atoms with E-state index < -0.39 is 32.3 Å². The predicted molar refractivity (Wildman–Crippen MR) is 130 cm³/mol. The normalized spacial score (nSPS) is 40.4. The second kappa shape index (κ2) is 8.83. The minimum atomic E-state index is -1.57. The Morgan fingerprint density at radius 3 is 2.38 bits per heavy atom. The highest BCUT2D eigenvalue weighted by molar-refractivity contribution is 6.69. The molecule has 0 radical (unpaired) electrons. The molecule has 3 fully saturated rings. The van der Waals surface area contributed by atoms with Crippen LogP contribution in [0.15, 0.2) is 12.2 Å². The first-order valence-corrected chi connectivity index (χ1v) is 15.9. The van der Waals surface area contributed by atoms with Crippen molar-refractivity contribution in [3.05, 3.63) is 12.2 Å². The molecule has 32 heavy (non-hydrogen) atoms. The highest BCUT2D eigenvalue weighted by atomic mass is 28.4. The van der Waals surface area contributed by atoms with Gasteiger partial charge in [0, 0.05) is 11.5 Å². The number of hydrogen-bond acceptors (Lipinski definition) is 5. The molecule has 2 saturated carbocycles. The van der Waals surface area contributed by atoms with E-state index in [1.807, 2.05) is 20.8 Å². The van der Waals surface area contributed by atoms with Crippen LogP contribution in [0.4, 0.5) is 0 Å². The van der Waals surface area contributed by atoms with E-state index in [2.05, 4.69) is 39.6 Å². The fraction of sp³-hybridized carbons (Fsp3) is 0.885. The lowest BCUT2D eigenvalue weighted by molar-refractivity contribution is -0.160. The van der Waals surface area contributed by atoms with E-state index in [1.54, 1.807) is 13.0 Å². The maximum atomic E-state index is 12.5.